The lowest BCUT2D eigenvalue weighted by molar-refractivity contribution is 0.855. The van der Waals surface area contributed by atoms with Gasteiger partial charge in [0, 0.05) is 40.5 Å². The molecular formula is C33H26N8. The largest absolute Gasteiger partial charge is 0.284 e. The third-order valence-corrected chi connectivity index (χ3v) is 6.47. The van der Waals surface area contributed by atoms with Gasteiger partial charge in [0.05, 0.1) is 11.2 Å². The third kappa shape index (κ3) is 5.02. The summed E-state index contributed by atoms with van der Waals surface area (Å²) >= 11 is 0. The first-order chi connectivity index (χ1) is 20.3. The maximum absolute atomic E-state index is 5.09. The van der Waals surface area contributed by atoms with Crippen LogP contribution < -0.4 is 5.43 Å². The number of amidine groups is 1. The second-order valence-corrected chi connectivity index (χ2v) is 9.06. The normalized spacial score (nSPS) is 12.5. The average Bonchev–Trinajstić information content (AvgIpc) is 3.46. The molecule has 6 aromatic rings. The molecule has 0 amide bonds. The Hall–Kier alpha value is -5.76. The molecule has 0 fully saturated rings. The molecule has 0 saturated carbocycles. The minimum absolute atomic E-state index is 0.387. The lowest BCUT2D eigenvalue weighted by atomic mass is 10.0. The molecule has 3 aromatic heterocycles. The second-order valence-electron chi connectivity index (χ2n) is 9.06. The first-order valence-corrected chi connectivity index (χ1v) is 13.1. The van der Waals surface area contributed by atoms with Crippen LogP contribution in [-0.2, 0) is 0 Å². The van der Waals surface area contributed by atoms with E-state index in [1.165, 1.54) is 0 Å². The molecule has 41 heavy (non-hydrogen) atoms. The van der Waals surface area contributed by atoms with Crippen molar-refractivity contribution in [1.82, 2.24) is 30.2 Å². The molecule has 0 atom stereocenters. The van der Waals surface area contributed by atoms with Gasteiger partial charge in [-0.1, -0.05) is 96.7 Å². The molecule has 3 heterocycles. The van der Waals surface area contributed by atoms with Crippen molar-refractivity contribution in [2.75, 3.05) is 0 Å². The van der Waals surface area contributed by atoms with Gasteiger partial charge in [0.1, 0.15) is 5.52 Å². The minimum atomic E-state index is 0.387. The van der Waals surface area contributed by atoms with E-state index < -0.39 is 0 Å². The number of para-hydroxylation sites is 1. The summed E-state index contributed by atoms with van der Waals surface area (Å²) in [6.07, 6.45) is 12.4. The van der Waals surface area contributed by atoms with E-state index >= 15 is 0 Å². The fourth-order valence-electron chi connectivity index (χ4n) is 4.65. The Kier molecular flexibility index (Phi) is 7.19. The average molecular weight is 535 g/mol. The Labute approximate surface area is 236 Å². The van der Waals surface area contributed by atoms with Gasteiger partial charge < -0.3 is 0 Å². The van der Waals surface area contributed by atoms with Crippen molar-refractivity contribution >= 4 is 39.2 Å². The summed E-state index contributed by atoms with van der Waals surface area (Å²) in [5.74, 6) is 0.993. The predicted octanol–water partition coefficient (Wildman–Crippen LogP) is 6.76. The van der Waals surface area contributed by atoms with Gasteiger partial charge >= 0.3 is 0 Å². The standard InChI is InChI=1S/C33H26N8/c1-3-5-20-34-33(39-35-21-6-4-2)30-31-25-17-11-10-16-24(25)27(22-41(31)40-38-30)32-36-28-19-13-12-18-26(28)29(37-32)23-14-8-7-9-15-23/h3-22,35H,2H2,1H3/b5-3+,21-6+,34-20+,39-33-. The summed E-state index contributed by atoms with van der Waals surface area (Å²) < 4.78 is 1.74. The molecule has 0 bridgehead atoms. The van der Waals surface area contributed by atoms with E-state index in [1.54, 1.807) is 29.1 Å². The summed E-state index contributed by atoms with van der Waals surface area (Å²) in [4.78, 5) is 14.6. The molecule has 198 valence electrons. The maximum Gasteiger partial charge on any atom is 0.202 e. The van der Waals surface area contributed by atoms with Crippen LogP contribution in [0.2, 0.25) is 0 Å². The molecule has 0 spiro atoms. The first-order valence-electron chi connectivity index (χ1n) is 13.1. The number of fused-ring (bicyclic) bond motifs is 4. The topological polar surface area (TPSA) is 92.7 Å². The lowest BCUT2D eigenvalue weighted by Gasteiger charge is -2.12. The fourth-order valence-corrected chi connectivity index (χ4v) is 4.65. The van der Waals surface area contributed by atoms with Crippen molar-refractivity contribution in [1.29, 1.82) is 0 Å². The number of nitrogens with zero attached hydrogens (tertiary/aromatic N) is 7. The van der Waals surface area contributed by atoms with E-state index in [1.807, 2.05) is 79.9 Å². The SMILES string of the molecule is C=C/C=C/N\N=C(/N=C/C=C/C)c1nnn2cc(-c3nc(-c4ccccc4)c4ccccc4n3)c3ccccc3c12. The van der Waals surface area contributed by atoms with Crippen molar-refractivity contribution in [3.8, 4) is 22.6 Å². The van der Waals surface area contributed by atoms with Crippen molar-refractivity contribution in [3.05, 3.63) is 128 Å². The number of hydrogen-bond donors (Lipinski definition) is 1. The molecule has 0 saturated heterocycles. The van der Waals surface area contributed by atoms with Crippen LogP contribution in [-0.4, -0.2) is 36.8 Å². The van der Waals surface area contributed by atoms with Crippen LogP contribution in [0.15, 0.2) is 132 Å². The highest BCUT2D eigenvalue weighted by molar-refractivity contribution is 6.14. The number of hydrogen-bond acceptors (Lipinski definition) is 6. The minimum Gasteiger partial charge on any atom is -0.284 e. The van der Waals surface area contributed by atoms with Crippen molar-refractivity contribution in [2.45, 2.75) is 6.92 Å². The van der Waals surface area contributed by atoms with Crippen LogP contribution >= 0.6 is 0 Å². The highest BCUT2D eigenvalue weighted by atomic mass is 15.4. The number of rotatable bonds is 7. The van der Waals surface area contributed by atoms with Crippen LogP contribution in [0.4, 0.5) is 0 Å². The van der Waals surface area contributed by atoms with Crippen molar-refractivity contribution < 1.29 is 0 Å². The predicted molar refractivity (Wildman–Crippen MR) is 167 cm³/mol. The molecule has 8 nitrogen and oxygen atoms in total. The monoisotopic (exact) mass is 534 g/mol. The van der Waals surface area contributed by atoms with Crippen LogP contribution in [0, 0.1) is 0 Å². The summed E-state index contributed by atoms with van der Waals surface area (Å²) in [5, 5.41) is 16.3. The van der Waals surface area contributed by atoms with Crippen LogP contribution in [0.5, 0.6) is 0 Å². The van der Waals surface area contributed by atoms with Gasteiger partial charge in [0.2, 0.25) is 5.84 Å². The number of pyridine rings is 1. The lowest BCUT2D eigenvalue weighted by Crippen LogP contribution is -2.06. The van der Waals surface area contributed by atoms with Crippen LogP contribution in [0.1, 0.15) is 12.6 Å². The molecule has 3 aromatic carbocycles. The van der Waals surface area contributed by atoms with E-state index in [4.69, 9.17) is 9.97 Å². The van der Waals surface area contributed by atoms with Gasteiger partial charge in [-0.15, -0.1) is 5.10 Å². The number of hydrazone groups is 1. The van der Waals surface area contributed by atoms with E-state index in [0.717, 1.165) is 44.0 Å². The Morgan fingerprint density at radius 1 is 0.878 bits per heavy atom. The summed E-state index contributed by atoms with van der Waals surface area (Å²) in [6, 6.07) is 26.3. The highest BCUT2D eigenvalue weighted by Gasteiger charge is 2.20. The van der Waals surface area contributed by atoms with Crippen molar-refractivity contribution in [3.63, 3.8) is 0 Å². The molecule has 0 aliphatic heterocycles. The van der Waals surface area contributed by atoms with E-state index in [9.17, 15) is 0 Å². The second kappa shape index (κ2) is 11.5. The Morgan fingerprint density at radius 2 is 1.63 bits per heavy atom. The summed E-state index contributed by atoms with van der Waals surface area (Å²) in [5.41, 5.74) is 7.82. The van der Waals surface area contributed by atoms with E-state index in [0.29, 0.717) is 17.4 Å². The molecule has 0 aliphatic rings. The van der Waals surface area contributed by atoms with E-state index in [-0.39, 0.29) is 0 Å². The Morgan fingerprint density at radius 3 is 2.44 bits per heavy atom. The van der Waals surface area contributed by atoms with Gasteiger partial charge in [0.15, 0.2) is 11.5 Å². The summed E-state index contributed by atoms with van der Waals surface area (Å²) in [6.45, 7) is 5.61. The van der Waals surface area contributed by atoms with Gasteiger partial charge in [0.25, 0.3) is 0 Å². The molecule has 0 unspecified atom stereocenters. The molecule has 8 heteroatoms. The smallest absolute Gasteiger partial charge is 0.202 e. The number of allylic oxidation sites excluding steroid dienone is 4. The number of nitrogens with one attached hydrogen (secondary N) is 1. The first kappa shape index (κ1) is 25.5. The molecule has 1 N–H and O–H groups in total. The van der Waals surface area contributed by atoms with Crippen molar-refractivity contribution in [2.24, 2.45) is 10.1 Å². The maximum atomic E-state index is 5.09. The summed E-state index contributed by atoms with van der Waals surface area (Å²) in [7, 11) is 0. The van der Waals surface area contributed by atoms with Crippen LogP contribution in [0.25, 0.3) is 49.8 Å². The Bertz CT molecular complexity index is 2000. The quantitative estimate of drug-likeness (QED) is 0.106. The van der Waals surface area contributed by atoms with Crippen LogP contribution in [0.3, 0.4) is 0 Å². The van der Waals surface area contributed by atoms with Gasteiger partial charge in [-0.05, 0) is 30.5 Å². The van der Waals surface area contributed by atoms with Gasteiger partial charge in [-0.2, -0.15) is 5.10 Å². The molecular weight excluding hydrogens is 508 g/mol. The zero-order chi connectivity index (χ0) is 28.0. The number of aromatic nitrogens is 5. The third-order valence-electron chi connectivity index (χ3n) is 6.47. The fraction of sp³-hybridized carbons (Fsp3) is 0.0303. The zero-order valence-corrected chi connectivity index (χ0v) is 22.4. The number of benzene rings is 3. The van der Waals surface area contributed by atoms with E-state index in [2.05, 4.69) is 56.7 Å². The van der Waals surface area contributed by atoms with Gasteiger partial charge in [-0.3, -0.25) is 5.43 Å². The molecule has 0 radical (unpaired) electrons. The van der Waals surface area contributed by atoms with Gasteiger partial charge in [-0.25, -0.2) is 19.5 Å². The number of aliphatic imine (C=N–C) groups is 1. The zero-order valence-electron chi connectivity index (χ0n) is 22.4. The highest BCUT2D eigenvalue weighted by Crippen LogP contribution is 2.34. The Balaban J connectivity index is 1.58. The molecule has 6 rings (SSSR count). The molecule has 0 aliphatic carbocycles.